The number of rotatable bonds is 3. The highest BCUT2D eigenvalue weighted by Gasteiger charge is 2.23. The van der Waals surface area contributed by atoms with Crippen molar-refractivity contribution in [2.75, 3.05) is 11.6 Å². The number of alkyl halides is 1. The van der Waals surface area contributed by atoms with E-state index in [1.54, 1.807) is 11.8 Å². The predicted octanol–water partition coefficient (Wildman–Crippen LogP) is 2.27. The number of hydrogen-bond donors (Lipinski definition) is 1. The van der Waals surface area contributed by atoms with Crippen LogP contribution >= 0.6 is 34.7 Å². The van der Waals surface area contributed by atoms with E-state index < -0.39 is 5.97 Å². The van der Waals surface area contributed by atoms with E-state index in [-0.39, 0.29) is 11.7 Å². The molecule has 1 atom stereocenters. The maximum Gasteiger partial charge on any atom is 0.355 e. The number of thioether (sulfide) groups is 1. The van der Waals surface area contributed by atoms with Gasteiger partial charge in [0.05, 0.1) is 10.9 Å². The van der Waals surface area contributed by atoms with Gasteiger partial charge >= 0.3 is 5.97 Å². The number of thiazole rings is 1. The van der Waals surface area contributed by atoms with Gasteiger partial charge in [0.1, 0.15) is 11.0 Å². The van der Waals surface area contributed by atoms with Crippen LogP contribution in [0.5, 0.6) is 0 Å². The molecule has 0 spiro atoms. The van der Waals surface area contributed by atoms with Gasteiger partial charge in [-0.25, -0.2) is 9.78 Å². The number of carboxylic acid groups (broad SMARTS) is 1. The SMILES string of the molecule is O=C(O)c1csc(C2CSC(CCl)=N2)n1. The van der Waals surface area contributed by atoms with E-state index >= 15 is 0 Å². The molecule has 0 saturated heterocycles. The number of halogens is 1. The third-order valence-electron chi connectivity index (χ3n) is 1.85. The molecule has 0 aliphatic carbocycles. The number of carbonyl (C=O) groups is 1. The Bertz CT molecular complexity index is 419. The highest BCUT2D eigenvalue weighted by Crippen LogP contribution is 2.32. The summed E-state index contributed by atoms with van der Waals surface area (Å²) in [5, 5.41) is 11.9. The highest BCUT2D eigenvalue weighted by atomic mass is 35.5. The summed E-state index contributed by atoms with van der Waals surface area (Å²) in [4.78, 5) is 19.0. The van der Waals surface area contributed by atoms with Crippen molar-refractivity contribution in [1.82, 2.24) is 4.98 Å². The van der Waals surface area contributed by atoms with E-state index in [1.807, 2.05) is 0 Å². The second kappa shape index (κ2) is 4.51. The van der Waals surface area contributed by atoms with E-state index in [2.05, 4.69) is 9.98 Å². The molecule has 0 saturated carbocycles. The molecule has 15 heavy (non-hydrogen) atoms. The van der Waals surface area contributed by atoms with Crippen LogP contribution in [0.4, 0.5) is 0 Å². The smallest absolute Gasteiger partial charge is 0.355 e. The first-order valence-electron chi connectivity index (χ1n) is 4.15. The summed E-state index contributed by atoms with van der Waals surface area (Å²) in [5.74, 6) is 0.220. The maximum absolute atomic E-state index is 10.6. The van der Waals surface area contributed by atoms with Gasteiger partial charge in [0.15, 0.2) is 5.69 Å². The van der Waals surface area contributed by atoms with Crippen molar-refractivity contribution in [3.63, 3.8) is 0 Å². The fourth-order valence-electron chi connectivity index (χ4n) is 1.16. The highest BCUT2D eigenvalue weighted by molar-refractivity contribution is 8.14. The van der Waals surface area contributed by atoms with Crippen molar-refractivity contribution >= 4 is 45.7 Å². The number of aromatic nitrogens is 1. The first-order valence-corrected chi connectivity index (χ1v) is 6.55. The number of hydrogen-bond acceptors (Lipinski definition) is 5. The second-order valence-corrected chi connectivity index (χ2v) is 5.11. The Balaban J connectivity index is 2.17. The molecule has 2 heterocycles. The van der Waals surface area contributed by atoms with Gasteiger partial charge in [-0.2, -0.15) is 0 Å². The fraction of sp³-hybridized carbons (Fsp3) is 0.375. The lowest BCUT2D eigenvalue weighted by atomic mass is 10.4. The van der Waals surface area contributed by atoms with Crippen LogP contribution in [0.3, 0.4) is 0 Å². The third kappa shape index (κ3) is 2.32. The molecule has 0 amide bonds. The molecule has 0 radical (unpaired) electrons. The molecule has 1 N–H and O–H groups in total. The number of carboxylic acids is 1. The molecule has 1 aromatic heterocycles. The summed E-state index contributed by atoms with van der Waals surface area (Å²) in [6, 6.07) is -0.0261. The largest absolute Gasteiger partial charge is 0.476 e. The van der Waals surface area contributed by atoms with Gasteiger partial charge in [0, 0.05) is 11.1 Å². The van der Waals surface area contributed by atoms with Gasteiger partial charge in [0.2, 0.25) is 0 Å². The Morgan fingerprint density at radius 3 is 3.07 bits per heavy atom. The molecule has 1 unspecified atom stereocenters. The van der Waals surface area contributed by atoms with E-state index in [0.717, 1.165) is 15.8 Å². The van der Waals surface area contributed by atoms with Gasteiger partial charge < -0.3 is 5.11 Å². The average Bonchev–Trinajstić information content (AvgIpc) is 2.86. The van der Waals surface area contributed by atoms with Crippen LogP contribution in [0.2, 0.25) is 0 Å². The normalized spacial score (nSPS) is 20.3. The minimum atomic E-state index is -0.996. The molecule has 0 bridgehead atoms. The summed E-state index contributed by atoms with van der Waals surface area (Å²) in [7, 11) is 0. The van der Waals surface area contributed by atoms with Crippen molar-refractivity contribution in [2.24, 2.45) is 4.99 Å². The number of nitrogens with zero attached hydrogens (tertiary/aromatic N) is 2. The zero-order valence-corrected chi connectivity index (χ0v) is 9.90. The maximum atomic E-state index is 10.6. The summed E-state index contributed by atoms with van der Waals surface area (Å²) < 4.78 is 0. The zero-order chi connectivity index (χ0) is 10.8. The van der Waals surface area contributed by atoms with E-state index in [1.165, 1.54) is 16.7 Å². The Labute approximate surface area is 99.4 Å². The molecule has 1 aromatic rings. The summed E-state index contributed by atoms with van der Waals surface area (Å²) in [6.07, 6.45) is 0. The van der Waals surface area contributed by atoms with Crippen LogP contribution < -0.4 is 0 Å². The lowest BCUT2D eigenvalue weighted by Crippen LogP contribution is -1.99. The van der Waals surface area contributed by atoms with Crippen LogP contribution in [0.15, 0.2) is 10.4 Å². The van der Waals surface area contributed by atoms with Crippen LogP contribution in [0, 0.1) is 0 Å². The third-order valence-corrected chi connectivity index (χ3v) is 4.27. The van der Waals surface area contributed by atoms with E-state index in [0.29, 0.717) is 5.88 Å². The minimum Gasteiger partial charge on any atom is -0.476 e. The van der Waals surface area contributed by atoms with E-state index in [4.69, 9.17) is 16.7 Å². The molecular formula is C8H7ClN2O2S2. The number of aromatic carboxylic acids is 1. The molecule has 0 aromatic carbocycles. The van der Waals surface area contributed by atoms with Crippen molar-refractivity contribution in [3.05, 3.63) is 16.1 Å². The summed E-state index contributed by atoms with van der Waals surface area (Å²) in [5.41, 5.74) is 0.0922. The first-order chi connectivity index (χ1) is 7.20. The molecule has 4 nitrogen and oxygen atoms in total. The lowest BCUT2D eigenvalue weighted by molar-refractivity contribution is 0.0691. The fourth-order valence-corrected chi connectivity index (χ4v) is 3.26. The van der Waals surface area contributed by atoms with Crippen LogP contribution in [-0.4, -0.2) is 32.7 Å². The van der Waals surface area contributed by atoms with Crippen molar-refractivity contribution < 1.29 is 9.90 Å². The first kappa shape index (κ1) is 10.9. The quantitative estimate of drug-likeness (QED) is 0.849. The Hall–Kier alpha value is -0.590. The standard InChI is InChI=1S/C8H7ClN2O2S2/c9-1-6-10-4(2-14-6)7-11-5(3-15-7)8(12)13/h3-4H,1-2H2,(H,12,13). The van der Waals surface area contributed by atoms with Crippen LogP contribution in [-0.2, 0) is 0 Å². The van der Waals surface area contributed by atoms with Crippen molar-refractivity contribution in [2.45, 2.75) is 6.04 Å². The average molecular weight is 263 g/mol. The second-order valence-electron chi connectivity index (χ2n) is 2.86. The van der Waals surface area contributed by atoms with Gasteiger partial charge in [-0.1, -0.05) is 0 Å². The summed E-state index contributed by atoms with van der Waals surface area (Å²) >= 11 is 8.59. The monoisotopic (exact) mass is 262 g/mol. The van der Waals surface area contributed by atoms with E-state index in [9.17, 15) is 4.79 Å². The Morgan fingerprint density at radius 1 is 1.73 bits per heavy atom. The molecule has 1 aliphatic rings. The molecule has 2 rings (SSSR count). The molecule has 0 fully saturated rings. The molecule has 1 aliphatic heterocycles. The van der Waals surface area contributed by atoms with Crippen LogP contribution in [0.25, 0.3) is 0 Å². The zero-order valence-electron chi connectivity index (χ0n) is 7.51. The molecule has 7 heteroatoms. The van der Waals surface area contributed by atoms with Crippen LogP contribution in [0.1, 0.15) is 21.5 Å². The van der Waals surface area contributed by atoms with Gasteiger partial charge in [0.25, 0.3) is 0 Å². The molecular weight excluding hydrogens is 256 g/mol. The lowest BCUT2D eigenvalue weighted by Gasteiger charge is -1.98. The minimum absolute atomic E-state index is 0.0261. The van der Waals surface area contributed by atoms with Gasteiger partial charge in [-0.05, 0) is 0 Å². The number of aliphatic imine (C=N–C) groups is 1. The van der Waals surface area contributed by atoms with Crippen molar-refractivity contribution in [1.29, 1.82) is 0 Å². The van der Waals surface area contributed by atoms with Gasteiger partial charge in [-0.3, -0.25) is 4.99 Å². The van der Waals surface area contributed by atoms with Crippen molar-refractivity contribution in [3.8, 4) is 0 Å². The Kier molecular flexibility index (Phi) is 3.28. The topological polar surface area (TPSA) is 62.5 Å². The predicted molar refractivity (Wildman–Crippen MR) is 62.4 cm³/mol. The Morgan fingerprint density at radius 2 is 2.53 bits per heavy atom. The van der Waals surface area contributed by atoms with Gasteiger partial charge in [-0.15, -0.1) is 34.7 Å². The molecule has 80 valence electrons. The summed E-state index contributed by atoms with van der Waals surface area (Å²) in [6.45, 7) is 0.